The van der Waals surface area contributed by atoms with E-state index in [0.717, 1.165) is 40.7 Å². The van der Waals surface area contributed by atoms with Gasteiger partial charge in [-0.3, -0.25) is 0 Å². The number of likely N-dealkylation sites (tertiary alicyclic amines) is 1. The molecule has 0 unspecified atom stereocenters. The van der Waals surface area contributed by atoms with Crippen molar-refractivity contribution in [2.24, 2.45) is 5.92 Å². The fourth-order valence-electron chi connectivity index (χ4n) is 4.14. The molecule has 7 heteroatoms. The molecular weight excluding hydrogens is 412 g/mol. The van der Waals surface area contributed by atoms with Gasteiger partial charge in [0.15, 0.2) is 0 Å². The van der Waals surface area contributed by atoms with Crippen molar-refractivity contribution in [3.05, 3.63) is 58.1 Å². The maximum absolute atomic E-state index is 13.1. The highest BCUT2D eigenvalue weighted by atomic mass is 32.2. The summed E-state index contributed by atoms with van der Waals surface area (Å²) in [6.45, 7) is 11.2. The molecule has 6 nitrogen and oxygen atoms in total. The summed E-state index contributed by atoms with van der Waals surface area (Å²) in [6, 6.07) is 9.00. The molecule has 1 aliphatic rings. The minimum atomic E-state index is -3.61. The van der Waals surface area contributed by atoms with Crippen molar-refractivity contribution in [2.75, 3.05) is 19.6 Å². The predicted molar refractivity (Wildman–Crippen MR) is 122 cm³/mol. The van der Waals surface area contributed by atoms with Gasteiger partial charge in [-0.1, -0.05) is 18.2 Å². The Morgan fingerprint density at radius 3 is 2.00 bits per heavy atom. The van der Waals surface area contributed by atoms with E-state index < -0.39 is 10.0 Å². The molecule has 1 amide bonds. The van der Waals surface area contributed by atoms with Crippen LogP contribution >= 0.6 is 0 Å². The minimum Gasteiger partial charge on any atom is -0.410 e. The number of benzene rings is 2. The second-order valence-corrected chi connectivity index (χ2v) is 10.1. The van der Waals surface area contributed by atoms with E-state index in [0.29, 0.717) is 30.3 Å². The van der Waals surface area contributed by atoms with Gasteiger partial charge in [0, 0.05) is 19.6 Å². The van der Waals surface area contributed by atoms with E-state index >= 15 is 0 Å². The third kappa shape index (κ3) is 5.10. The van der Waals surface area contributed by atoms with Gasteiger partial charge in [-0.25, -0.2) is 17.9 Å². The van der Waals surface area contributed by atoms with E-state index in [9.17, 15) is 13.2 Å². The second kappa shape index (κ2) is 9.40. The Morgan fingerprint density at radius 1 is 0.935 bits per heavy atom. The summed E-state index contributed by atoms with van der Waals surface area (Å²) in [5, 5.41) is 0. The molecule has 1 aliphatic heterocycles. The van der Waals surface area contributed by atoms with Crippen molar-refractivity contribution in [1.82, 2.24) is 9.62 Å². The molecule has 0 aliphatic carbocycles. The first kappa shape index (κ1) is 23.3. The van der Waals surface area contributed by atoms with Crippen LogP contribution in [-0.2, 0) is 10.0 Å². The van der Waals surface area contributed by atoms with Crippen molar-refractivity contribution >= 4 is 16.1 Å². The van der Waals surface area contributed by atoms with Gasteiger partial charge in [0.1, 0.15) is 5.75 Å². The van der Waals surface area contributed by atoms with E-state index in [-0.39, 0.29) is 12.0 Å². The lowest BCUT2D eigenvalue weighted by Crippen LogP contribution is -2.42. The second-order valence-electron chi connectivity index (χ2n) is 8.42. The van der Waals surface area contributed by atoms with Crippen LogP contribution in [0.5, 0.6) is 5.75 Å². The maximum atomic E-state index is 13.1. The van der Waals surface area contributed by atoms with Gasteiger partial charge in [0.05, 0.1) is 4.90 Å². The van der Waals surface area contributed by atoms with Crippen LogP contribution in [0.2, 0.25) is 0 Å². The molecule has 0 radical (unpaired) electrons. The summed E-state index contributed by atoms with van der Waals surface area (Å²) in [5.74, 6) is 0.709. The molecule has 1 fully saturated rings. The van der Waals surface area contributed by atoms with Crippen molar-refractivity contribution in [1.29, 1.82) is 0 Å². The van der Waals surface area contributed by atoms with Crippen LogP contribution < -0.4 is 9.46 Å². The number of nitrogens with one attached hydrogen (secondary N) is 1. The zero-order chi connectivity index (χ0) is 22.8. The van der Waals surface area contributed by atoms with E-state index in [1.165, 1.54) is 0 Å². The number of ether oxygens (including phenoxy) is 1. The minimum absolute atomic E-state index is 0.184. The van der Waals surface area contributed by atoms with E-state index in [1.807, 2.05) is 52.8 Å². The van der Waals surface area contributed by atoms with Gasteiger partial charge in [0.2, 0.25) is 10.0 Å². The Bertz CT molecular complexity index is 1030. The summed E-state index contributed by atoms with van der Waals surface area (Å²) in [5.41, 5.74) is 4.81. The Kier molecular flexibility index (Phi) is 7.06. The topological polar surface area (TPSA) is 75.7 Å². The van der Waals surface area contributed by atoms with E-state index in [4.69, 9.17) is 4.74 Å². The first-order valence-corrected chi connectivity index (χ1v) is 12.2. The smallest absolute Gasteiger partial charge is 0.410 e. The molecule has 168 valence electrons. The lowest BCUT2D eigenvalue weighted by atomic mass is 9.95. The molecule has 1 N–H and O–H groups in total. The molecular formula is C24H32N2O4S. The summed E-state index contributed by atoms with van der Waals surface area (Å²) in [7, 11) is -3.61. The average molecular weight is 445 g/mol. The Labute approximate surface area is 185 Å². The van der Waals surface area contributed by atoms with Crippen LogP contribution in [0.3, 0.4) is 0 Å². The Balaban J connectivity index is 1.59. The van der Waals surface area contributed by atoms with Gasteiger partial charge in [-0.05, 0) is 93.3 Å². The number of hydrogen-bond donors (Lipinski definition) is 1. The van der Waals surface area contributed by atoms with Gasteiger partial charge in [-0.2, -0.15) is 0 Å². The van der Waals surface area contributed by atoms with Gasteiger partial charge >= 0.3 is 6.09 Å². The number of hydrogen-bond acceptors (Lipinski definition) is 4. The number of carbonyl (C=O) groups is 1. The number of sulfonamides is 1. The molecule has 31 heavy (non-hydrogen) atoms. The van der Waals surface area contributed by atoms with E-state index in [1.54, 1.807) is 17.0 Å². The third-order valence-corrected chi connectivity index (χ3v) is 8.28. The van der Waals surface area contributed by atoms with Crippen molar-refractivity contribution in [2.45, 2.75) is 52.4 Å². The van der Waals surface area contributed by atoms with Crippen LogP contribution in [0.25, 0.3) is 0 Å². The third-order valence-electron chi connectivity index (χ3n) is 6.58. The molecule has 0 atom stereocenters. The molecule has 1 heterocycles. The van der Waals surface area contributed by atoms with Crippen LogP contribution in [-0.4, -0.2) is 39.0 Å². The predicted octanol–water partition coefficient (Wildman–Crippen LogP) is 4.42. The largest absolute Gasteiger partial charge is 0.415 e. The highest BCUT2D eigenvalue weighted by molar-refractivity contribution is 7.89. The summed E-state index contributed by atoms with van der Waals surface area (Å²) in [6.07, 6.45) is 1.11. The Hall–Kier alpha value is -2.38. The number of amides is 1. The normalized spacial score (nSPS) is 15.2. The van der Waals surface area contributed by atoms with Crippen molar-refractivity contribution in [3.63, 3.8) is 0 Å². The van der Waals surface area contributed by atoms with Crippen LogP contribution in [0.4, 0.5) is 4.79 Å². The maximum Gasteiger partial charge on any atom is 0.415 e. The SMILES string of the molecule is Cc1c(C)c(C)c(S(=O)(=O)NCC2CCN(C(=O)Oc3ccccc3)CC2)c(C)c1C. The number of para-hydroxylation sites is 1. The molecule has 3 rings (SSSR count). The zero-order valence-corrected chi connectivity index (χ0v) is 19.8. The fourth-order valence-corrected chi connectivity index (χ4v) is 5.85. The lowest BCUT2D eigenvalue weighted by Gasteiger charge is -2.31. The summed E-state index contributed by atoms with van der Waals surface area (Å²) >= 11 is 0. The Morgan fingerprint density at radius 2 is 1.45 bits per heavy atom. The molecule has 2 aromatic rings. The average Bonchev–Trinajstić information content (AvgIpc) is 2.76. The van der Waals surface area contributed by atoms with Crippen LogP contribution in [0, 0.1) is 40.5 Å². The summed E-state index contributed by atoms with van der Waals surface area (Å²) < 4.78 is 34.4. The molecule has 0 saturated carbocycles. The molecule has 0 spiro atoms. The number of rotatable bonds is 5. The van der Waals surface area contributed by atoms with Gasteiger partial charge in [-0.15, -0.1) is 0 Å². The lowest BCUT2D eigenvalue weighted by molar-refractivity contribution is 0.131. The molecule has 0 bridgehead atoms. The van der Waals surface area contributed by atoms with Crippen molar-refractivity contribution < 1.29 is 17.9 Å². The quantitative estimate of drug-likeness (QED) is 0.741. The van der Waals surface area contributed by atoms with Crippen LogP contribution in [0.15, 0.2) is 35.2 Å². The highest BCUT2D eigenvalue weighted by Crippen LogP contribution is 2.29. The first-order chi connectivity index (χ1) is 14.6. The number of piperidine rings is 1. The highest BCUT2D eigenvalue weighted by Gasteiger charge is 2.27. The standard InChI is InChI=1S/C24H32N2O4S/c1-16-17(2)19(4)23(20(5)18(16)3)31(28,29)25-15-21-11-13-26(14-12-21)24(27)30-22-9-7-6-8-10-22/h6-10,21,25H,11-15H2,1-5H3. The molecule has 2 aromatic carbocycles. The molecule has 1 saturated heterocycles. The first-order valence-electron chi connectivity index (χ1n) is 10.7. The van der Waals surface area contributed by atoms with Crippen molar-refractivity contribution in [3.8, 4) is 5.75 Å². The van der Waals surface area contributed by atoms with Gasteiger partial charge < -0.3 is 9.64 Å². The summed E-state index contributed by atoms with van der Waals surface area (Å²) in [4.78, 5) is 14.4. The van der Waals surface area contributed by atoms with E-state index in [2.05, 4.69) is 4.72 Å². The monoisotopic (exact) mass is 444 g/mol. The van der Waals surface area contributed by atoms with Gasteiger partial charge in [0.25, 0.3) is 0 Å². The fraction of sp³-hybridized carbons (Fsp3) is 0.458. The van der Waals surface area contributed by atoms with Crippen LogP contribution in [0.1, 0.15) is 40.7 Å². The zero-order valence-electron chi connectivity index (χ0n) is 19.0. The number of nitrogens with zero attached hydrogens (tertiary/aromatic N) is 1. The molecule has 0 aromatic heterocycles. The number of carbonyl (C=O) groups excluding carboxylic acids is 1.